The van der Waals surface area contributed by atoms with Crippen LogP contribution in [0.25, 0.3) is 0 Å². The molecule has 2 aliphatic rings. The molecule has 144 valence electrons. The Morgan fingerprint density at radius 2 is 2.04 bits per heavy atom. The lowest BCUT2D eigenvalue weighted by Gasteiger charge is -2.26. The van der Waals surface area contributed by atoms with Crippen molar-refractivity contribution in [2.24, 2.45) is 0 Å². The van der Waals surface area contributed by atoms with Crippen LogP contribution in [0, 0.1) is 0 Å². The van der Waals surface area contributed by atoms with E-state index in [4.69, 9.17) is 21.7 Å². The first kappa shape index (κ1) is 19.9. The third-order valence-corrected chi connectivity index (χ3v) is 5.63. The quantitative estimate of drug-likeness (QED) is 0.408. The first-order valence-corrected chi connectivity index (χ1v) is 10.1. The third-order valence-electron chi connectivity index (χ3n) is 4.31. The Balaban J connectivity index is 1.82. The summed E-state index contributed by atoms with van der Waals surface area (Å²) in [5.74, 6) is -0.684. The molecule has 0 aliphatic carbocycles. The van der Waals surface area contributed by atoms with Crippen molar-refractivity contribution < 1.29 is 19.1 Å². The van der Waals surface area contributed by atoms with E-state index in [0.717, 1.165) is 18.7 Å². The highest BCUT2D eigenvalue weighted by Crippen LogP contribution is 2.34. The van der Waals surface area contributed by atoms with E-state index >= 15 is 0 Å². The number of hydrogen-bond donors (Lipinski definition) is 0. The molecule has 0 radical (unpaired) electrons. The number of benzene rings is 1. The molecule has 0 N–H and O–H groups in total. The summed E-state index contributed by atoms with van der Waals surface area (Å²) in [7, 11) is 0. The maximum absolute atomic E-state index is 13.0. The Hall–Kier alpha value is -1.90. The van der Waals surface area contributed by atoms with Gasteiger partial charge in [0.15, 0.2) is 0 Å². The number of nitrogens with zero attached hydrogens (tertiary/aromatic N) is 2. The lowest BCUT2D eigenvalue weighted by atomic mass is 10.0. The molecule has 1 aromatic carbocycles. The Morgan fingerprint density at radius 3 is 2.70 bits per heavy atom. The SMILES string of the molecule is CCOC(=O)C(Cc1ccccc1)N1C(=O)/C(=C/N2CCOCC2)SC1=S. The van der Waals surface area contributed by atoms with Crippen LogP contribution in [-0.2, 0) is 25.5 Å². The zero-order valence-electron chi connectivity index (χ0n) is 15.1. The van der Waals surface area contributed by atoms with Crippen LogP contribution in [0.3, 0.4) is 0 Å². The highest BCUT2D eigenvalue weighted by atomic mass is 32.2. The van der Waals surface area contributed by atoms with Gasteiger partial charge in [0.1, 0.15) is 10.4 Å². The normalized spacial score (nSPS) is 20.3. The smallest absolute Gasteiger partial charge is 0.329 e. The summed E-state index contributed by atoms with van der Waals surface area (Å²) < 4.78 is 10.9. The Labute approximate surface area is 168 Å². The van der Waals surface area contributed by atoms with Gasteiger partial charge in [0.2, 0.25) is 0 Å². The zero-order chi connectivity index (χ0) is 19.2. The Kier molecular flexibility index (Phi) is 6.87. The van der Waals surface area contributed by atoms with Crippen LogP contribution in [0.15, 0.2) is 41.4 Å². The fourth-order valence-electron chi connectivity index (χ4n) is 2.97. The summed E-state index contributed by atoms with van der Waals surface area (Å²) >= 11 is 6.66. The van der Waals surface area contributed by atoms with Crippen LogP contribution < -0.4 is 0 Å². The number of thiocarbonyl (C=S) groups is 1. The lowest BCUT2D eigenvalue weighted by molar-refractivity contribution is -0.150. The molecule has 6 nitrogen and oxygen atoms in total. The second kappa shape index (κ2) is 9.34. The molecule has 2 saturated heterocycles. The highest BCUT2D eigenvalue weighted by Gasteiger charge is 2.41. The highest BCUT2D eigenvalue weighted by molar-refractivity contribution is 8.26. The van der Waals surface area contributed by atoms with Crippen LogP contribution in [-0.4, -0.2) is 64.9 Å². The second-order valence-electron chi connectivity index (χ2n) is 6.14. The first-order valence-electron chi connectivity index (χ1n) is 8.89. The van der Waals surface area contributed by atoms with Gasteiger partial charge in [-0.25, -0.2) is 4.79 Å². The van der Waals surface area contributed by atoms with Crippen LogP contribution in [0.2, 0.25) is 0 Å². The van der Waals surface area contributed by atoms with Crippen molar-refractivity contribution in [2.45, 2.75) is 19.4 Å². The molecular formula is C19H22N2O4S2. The summed E-state index contributed by atoms with van der Waals surface area (Å²) in [5, 5.41) is 0. The summed E-state index contributed by atoms with van der Waals surface area (Å²) in [4.78, 5) is 29.6. The Morgan fingerprint density at radius 1 is 1.33 bits per heavy atom. The minimum absolute atomic E-state index is 0.245. The molecule has 0 bridgehead atoms. The van der Waals surface area contributed by atoms with Gasteiger partial charge in [0, 0.05) is 25.7 Å². The van der Waals surface area contributed by atoms with Crippen molar-refractivity contribution in [3.63, 3.8) is 0 Å². The number of hydrogen-bond acceptors (Lipinski definition) is 7. The molecular weight excluding hydrogens is 384 g/mol. The van der Waals surface area contributed by atoms with Crippen molar-refractivity contribution in [1.29, 1.82) is 0 Å². The number of amides is 1. The summed E-state index contributed by atoms with van der Waals surface area (Å²) in [6, 6.07) is 8.80. The molecule has 1 atom stereocenters. The number of esters is 1. The van der Waals surface area contributed by atoms with Crippen molar-refractivity contribution in [3.8, 4) is 0 Å². The van der Waals surface area contributed by atoms with E-state index in [1.165, 1.54) is 16.7 Å². The minimum atomic E-state index is -0.768. The summed E-state index contributed by atoms with van der Waals surface area (Å²) in [6.45, 7) is 4.74. The molecule has 2 aliphatic heterocycles. The zero-order valence-corrected chi connectivity index (χ0v) is 16.8. The molecule has 0 aromatic heterocycles. The number of rotatable bonds is 6. The van der Waals surface area contributed by atoms with E-state index < -0.39 is 12.0 Å². The molecule has 3 rings (SSSR count). The van der Waals surface area contributed by atoms with Crippen LogP contribution in [0.5, 0.6) is 0 Å². The monoisotopic (exact) mass is 406 g/mol. The van der Waals surface area contributed by atoms with Crippen LogP contribution >= 0.6 is 24.0 Å². The predicted molar refractivity (Wildman–Crippen MR) is 108 cm³/mol. The predicted octanol–water partition coefficient (Wildman–Crippen LogP) is 2.19. The van der Waals surface area contributed by atoms with E-state index in [2.05, 4.69) is 0 Å². The summed E-state index contributed by atoms with van der Waals surface area (Å²) in [5.41, 5.74) is 0.946. The molecule has 0 spiro atoms. The van der Waals surface area contributed by atoms with E-state index in [1.54, 1.807) is 6.92 Å². The van der Waals surface area contributed by atoms with E-state index in [9.17, 15) is 9.59 Å². The van der Waals surface area contributed by atoms with Gasteiger partial charge in [-0.15, -0.1) is 0 Å². The molecule has 1 aromatic rings. The average molecular weight is 407 g/mol. The van der Waals surface area contributed by atoms with Gasteiger partial charge < -0.3 is 14.4 Å². The number of carbonyl (C=O) groups is 2. The van der Waals surface area contributed by atoms with Crippen molar-refractivity contribution in [1.82, 2.24) is 9.80 Å². The van der Waals surface area contributed by atoms with Crippen molar-refractivity contribution in [3.05, 3.63) is 47.0 Å². The maximum Gasteiger partial charge on any atom is 0.329 e. The van der Waals surface area contributed by atoms with Crippen LogP contribution in [0.1, 0.15) is 12.5 Å². The second-order valence-corrected chi connectivity index (χ2v) is 7.82. The topological polar surface area (TPSA) is 59.1 Å². The van der Waals surface area contributed by atoms with Gasteiger partial charge >= 0.3 is 5.97 Å². The third kappa shape index (κ3) is 4.88. The van der Waals surface area contributed by atoms with E-state index in [0.29, 0.717) is 28.9 Å². The minimum Gasteiger partial charge on any atom is -0.464 e. The van der Waals surface area contributed by atoms with Crippen molar-refractivity contribution >= 4 is 40.2 Å². The lowest BCUT2D eigenvalue weighted by Crippen LogP contribution is -2.46. The fraction of sp³-hybridized carbons (Fsp3) is 0.421. The van der Waals surface area contributed by atoms with E-state index in [1.807, 2.05) is 41.4 Å². The summed E-state index contributed by atoms with van der Waals surface area (Å²) in [6.07, 6.45) is 2.18. The molecule has 8 heteroatoms. The first-order chi connectivity index (χ1) is 13.1. The molecule has 1 unspecified atom stereocenters. The Bertz CT molecular complexity index is 732. The number of morpholine rings is 1. The van der Waals surface area contributed by atoms with Gasteiger partial charge in [-0.2, -0.15) is 0 Å². The van der Waals surface area contributed by atoms with Crippen molar-refractivity contribution in [2.75, 3.05) is 32.9 Å². The fourth-order valence-corrected chi connectivity index (χ4v) is 4.33. The molecule has 1 amide bonds. The molecule has 27 heavy (non-hydrogen) atoms. The number of carbonyl (C=O) groups excluding carboxylic acids is 2. The van der Waals surface area contributed by atoms with Gasteiger partial charge in [0.25, 0.3) is 5.91 Å². The van der Waals surface area contributed by atoms with Gasteiger partial charge in [0.05, 0.1) is 24.7 Å². The molecule has 2 fully saturated rings. The number of ether oxygens (including phenoxy) is 2. The molecule has 2 heterocycles. The van der Waals surface area contributed by atoms with Gasteiger partial charge in [-0.05, 0) is 12.5 Å². The molecule has 0 saturated carbocycles. The average Bonchev–Trinajstić information content (AvgIpc) is 2.95. The van der Waals surface area contributed by atoms with Gasteiger partial charge in [-0.3, -0.25) is 9.69 Å². The van der Waals surface area contributed by atoms with Crippen LogP contribution in [0.4, 0.5) is 0 Å². The largest absolute Gasteiger partial charge is 0.464 e. The standard InChI is InChI=1S/C19H22N2O4S2/c1-2-25-18(23)15(12-14-6-4-3-5-7-14)21-17(22)16(27-19(21)26)13-20-8-10-24-11-9-20/h3-7,13,15H,2,8-12H2,1H3/b16-13-. The number of thioether (sulfide) groups is 1. The van der Waals surface area contributed by atoms with Gasteiger partial charge in [-0.1, -0.05) is 54.3 Å². The van der Waals surface area contributed by atoms with E-state index in [-0.39, 0.29) is 12.5 Å². The maximum atomic E-state index is 13.0.